The number of hydrogen-bond donors (Lipinski definition) is 0. The summed E-state index contributed by atoms with van der Waals surface area (Å²) < 4.78 is 28.3. The Bertz CT molecular complexity index is 448. The van der Waals surface area contributed by atoms with Crippen LogP contribution in [0.25, 0.3) is 0 Å². The number of rotatable bonds is 4. The second kappa shape index (κ2) is 4.81. The highest BCUT2D eigenvalue weighted by Crippen LogP contribution is 2.16. The minimum absolute atomic E-state index is 0.285. The molecule has 0 aliphatic heterocycles. The van der Waals surface area contributed by atoms with Crippen molar-refractivity contribution < 1.29 is 13.2 Å². The maximum Gasteiger partial charge on any atom is 0.175 e. The van der Waals surface area contributed by atoms with Crippen molar-refractivity contribution in [3.05, 3.63) is 35.3 Å². The van der Waals surface area contributed by atoms with Crippen molar-refractivity contribution in [2.75, 3.05) is 12.9 Å². The summed E-state index contributed by atoms with van der Waals surface area (Å²) in [4.78, 5) is 0.285. The summed E-state index contributed by atoms with van der Waals surface area (Å²) in [7, 11) is -3.13. The van der Waals surface area contributed by atoms with Crippen LogP contribution >= 0.6 is 15.9 Å². The molecule has 5 heteroatoms. The van der Waals surface area contributed by atoms with Gasteiger partial charge in [0.25, 0.3) is 0 Å². The largest absolute Gasteiger partial charge is 0.488 e. The van der Waals surface area contributed by atoms with Gasteiger partial charge in [-0.05, 0) is 24.3 Å². The third-order valence-corrected chi connectivity index (χ3v) is 3.00. The molecule has 0 spiro atoms. The SMILES string of the molecule is C=C(Br)COc1ccc(S(C)(=O)=O)cc1. The molecule has 0 N–H and O–H groups in total. The monoisotopic (exact) mass is 290 g/mol. The van der Waals surface area contributed by atoms with Gasteiger partial charge in [0, 0.05) is 10.7 Å². The van der Waals surface area contributed by atoms with E-state index >= 15 is 0 Å². The topological polar surface area (TPSA) is 43.4 Å². The maximum absolute atomic E-state index is 11.1. The molecule has 0 amide bonds. The van der Waals surface area contributed by atoms with Crippen molar-refractivity contribution in [3.8, 4) is 5.75 Å². The molecule has 1 rings (SSSR count). The van der Waals surface area contributed by atoms with Gasteiger partial charge in [-0.3, -0.25) is 0 Å². The number of sulfone groups is 1. The number of benzene rings is 1. The average Bonchev–Trinajstić information content (AvgIpc) is 2.14. The highest BCUT2D eigenvalue weighted by atomic mass is 79.9. The molecule has 82 valence electrons. The van der Waals surface area contributed by atoms with Crippen LogP contribution in [0.15, 0.2) is 40.2 Å². The fraction of sp³-hybridized carbons (Fsp3) is 0.200. The van der Waals surface area contributed by atoms with E-state index in [2.05, 4.69) is 22.5 Å². The van der Waals surface area contributed by atoms with Crippen LogP contribution in [-0.2, 0) is 9.84 Å². The molecule has 0 fully saturated rings. The summed E-state index contributed by atoms with van der Waals surface area (Å²) in [6.45, 7) is 3.98. The summed E-state index contributed by atoms with van der Waals surface area (Å²) in [6.07, 6.45) is 1.17. The van der Waals surface area contributed by atoms with Crippen molar-refractivity contribution >= 4 is 25.8 Å². The van der Waals surface area contributed by atoms with Gasteiger partial charge in [-0.2, -0.15) is 0 Å². The van der Waals surface area contributed by atoms with Crippen molar-refractivity contribution in [1.29, 1.82) is 0 Å². The Labute approximate surface area is 97.8 Å². The number of halogens is 1. The van der Waals surface area contributed by atoms with Gasteiger partial charge < -0.3 is 4.74 Å². The first-order chi connectivity index (χ1) is 6.89. The molecule has 0 aromatic heterocycles. The zero-order chi connectivity index (χ0) is 11.5. The molecule has 1 aromatic carbocycles. The molecule has 0 aliphatic carbocycles. The molecule has 0 atom stereocenters. The second-order valence-corrected chi connectivity index (χ2v) is 6.19. The second-order valence-electron chi connectivity index (χ2n) is 3.05. The van der Waals surface area contributed by atoms with Gasteiger partial charge in [0.1, 0.15) is 12.4 Å². The van der Waals surface area contributed by atoms with Crippen LogP contribution in [0.5, 0.6) is 5.75 Å². The van der Waals surface area contributed by atoms with Crippen molar-refractivity contribution in [2.45, 2.75) is 4.90 Å². The first-order valence-electron chi connectivity index (χ1n) is 4.16. The summed E-state index contributed by atoms with van der Waals surface area (Å²) in [5, 5.41) is 0. The van der Waals surface area contributed by atoms with Gasteiger partial charge >= 0.3 is 0 Å². The van der Waals surface area contributed by atoms with Gasteiger partial charge in [-0.15, -0.1) is 0 Å². The van der Waals surface area contributed by atoms with Crippen molar-refractivity contribution in [2.24, 2.45) is 0 Å². The quantitative estimate of drug-likeness (QED) is 0.855. The molecule has 0 saturated carbocycles. The third-order valence-electron chi connectivity index (χ3n) is 1.65. The first kappa shape index (κ1) is 12.3. The molecule has 15 heavy (non-hydrogen) atoms. The predicted molar refractivity (Wildman–Crippen MR) is 63.1 cm³/mol. The fourth-order valence-corrected chi connectivity index (χ4v) is 1.69. The van der Waals surface area contributed by atoms with Gasteiger partial charge in [-0.1, -0.05) is 22.5 Å². The lowest BCUT2D eigenvalue weighted by Gasteiger charge is -2.05. The standard InChI is InChI=1S/C10H11BrO3S/c1-8(11)7-14-9-3-5-10(6-4-9)15(2,12)13/h3-6H,1,7H2,2H3. The molecular weight excluding hydrogens is 280 g/mol. The Hall–Kier alpha value is -0.810. The highest BCUT2D eigenvalue weighted by Gasteiger charge is 2.06. The van der Waals surface area contributed by atoms with E-state index in [1.54, 1.807) is 12.1 Å². The lowest BCUT2D eigenvalue weighted by atomic mass is 10.3. The maximum atomic E-state index is 11.1. The Balaban J connectivity index is 2.77. The van der Waals surface area contributed by atoms with Crippen LogP contribution in [0.3, 0.4) is 0 Å². The van der Waals surface area contributed by atoms with Gasteiger partial charge in [-0.25, -0.2) is 8.42 Å². The molecule has 1 aromatic rings. The molecule has 0 unspecified atom stereocenters. The van der Waals surface area contributed by atoms with E-state index in [0.717, 1.165) is 4.48 Å². The van der Waals surface area contributed by atoms with E-state index in [9.17, 15) is 8.42 Å². The zero-order valence-electron chi connectivity index (χ0n) is 8.23. The van der Waals surface area contributed by atoms with E-state index in [0.29, 0.717) is 12.4 Å². The Morgan fingerprint density at radius 2 is 1.93 bits per heavy atom. The highest BCUT2D eigenvalue weighted by molar-refractivity contribution is 9.11. The number of hydrogen-bond acceptors (Lipinski definition) is 3. The van der Waals surface area contributed by atoms with Crippen LogP contribution in [0, 0.1) is 0 Å². The summed E-state index contributed by atoms with van der Waals surface area (Å²) in [6, 6.07) is 6.27. The summed E-state index contributed by atoms with van der Waals surface area (Å²) in [5.74, 6) is 0.614. The van der Waals surface area contributed by atoms with E-state index in [-0.39, 0.29) is 4.90 Å². The Kier molecular flexibility index (Phi) is 3.93. The van der Waals surface area contributed by atoms with E-state index < -0.39 is 9.84 Å². The average molecular weight is 291 g/mol. The van der Waals surface area contributed by atoms with E-state index in [1.807, 2.05) is 0 Å². The lowest BCUT2D eigenvalue weighted by molar-refractivity contribution is 0.360. The van der Waals surface area contributed by atoms with Crippen LogP contribution in [0.2, 0.25) is 0 Å². The van der Waals surface area contributed by atoms with Gasteiger partial charge in [0.15, 0.2) is 9.84 Å². The third kappa shape index (κ3) is 4.05. The molecule has 3 nitrogen and oxygen atoms in total. The minimum atomic E-state index is -3.13. The summed E-state index contributed by atoms with van der Waals surface area (Å²) >= 11 is 3.16. The molecule has 0 radical (unpaired) electrons. The number of ether oxygens (including phenoxy) is 1. The normalized spacial score (nSPS) is 11.1. The molecule has 0 saturated heterocycles. The molecule has 0 aliphatic rings. The molecular formula is C10H11BrO3S. The van der Waals surface area contributed by atoms with E-state index in [1.165, 1.54) is 18.4 Å². The van der Waals surface area contributed by atoms with Crippen LogP contribution in [0.4, 0.5) is 0 Å². The Morgan fingerprint density at radius 1 is 1.40 bits per heavy atom. The van der Waals surface area contributed by atoms with Crippen LogP contribution in [0.1, 0.15) is 0 Å². The van der Waals surface area contributed by atoms with Crippen LogP contribution < -0.4 is 4.74 Å². The predicted octanol–water partition coefficient (Wildman–Crippen LogP) is 2.38. The smallest absolute Gasteiger partial charge is 0.175 e. The summed E-state index contributed by atoms with van der Waals surface area (Å²) in [5.41, 5.74) is 0. The van der Waals surface area contributed by atoms with Gasteiger partial charge in [0.05, 0.1) is 4.90 Å². The van der Waals surface area contributed by atoms with E-state index in [4.69, 9.17) is 4.74 Å². The minimum Gasteiger partial charge on any atom is -0.488 e. The van der Waals surface area contributed by atoms with Gasteiger partial charge in [0.2, 0.25) is 0 Å². The zero-order valence-corrected chi connectivity index (χ0v) is 10.6. The Morgan fingerprint density at radius 3 is 2.33 bits per heavy atom. The van der Waals surface area contributed by atoms with Crippen molar-refractivity contribution in [1.82, 2.24) is 0 Å². The fourth-order valence-electron chi connectivity index (χ4n) is 0.945. The van der Waals surface area contributed by atoms with Crippen molar-refractivity contribution in [3.63, 3.8) is 0 Å². The molecule has 0 heterocycles. The lowest BCUT2D eigenvalue weighted by Crippen LogP contribution is -1.98. The molecule has 0 bridgehead atoms. The first-order valence-corrected chi connectivity index (χ1v) is 6.84. The van der Waals surface area contributed by atoms with Crippen LogP contribution in [-0.4, -0.2) is 21.3 Å².